The van der Waals surface area contributed by atoms with Gasteiger partial charge in [-0.15, -0.1) is 0 Å². The van der Waals surface area contributed by atoms with Gasteiger partial charge in [-0.05, 0) is 24.3 Å². The topological polar surface area (TPSA) is 123 Å². The minimum atomic E-state index is -0.489. The van der Waals surface area contributed by atoms with Crippen LogP contribution in [-0.2, 0) is 0 Å². The summed E-state index contributed by atoms with van der Waals surface area (Å²) in [7, 11) is 0. The highest BCUT2D eigenvalue weighted by Crippen LogP contribution is 2.35. The van der Waals surface area contributed by atoms with Crippen LogP contribution in [0, 0.1) is 10.1 Å². The Bertz CT molecular complexity index is 1250. The van der Waals surface area contributed by atoms with Crippen LogP contribution in [0.15, 0.2) is 55.1 Å². The molecule has 0 saturated carbocycles. The summed E-state index contributed by atoms with van der Waals surface area (Å²) in [5, 5.41) is 14.9. The Hall–Kier alpha value is -3.56. The molecule has 0 amide bonds. The molecule has 3 aromatic heterocycles. The molecule has 4 rings (SSSR count). The van der Waals surface area contributed by atoms with Gasteiger partial charge in [0.15, 0.2) is 0 Å². The highest BCUT2D eigenvalue weighted by Gasteiger charge is 2.18. The number of halogens is 2. The summed E-state index contributed by atoms with van der Waals surface area (Å²) in [5.74, 6) is 1.65. The van der Waals surface area contributed by atoms with Gasteiger partial charge < -0.3 is 10.3 Å². The van der Waals surface area contributed by atoms with Crippen LogP contribution in [0.4, 0.5) is 11.5 Å². The van der Waals surface area contributed by atoms with Gasteiger partial charge in [-0.1, -0.05) is 30.1 Å². The maximum absolute atomic E-state index is 10.8. The molecule has 0 bridgehead atoms. The summed E-state index contributed by atoms with van der Waals surface area (Å²) >= 11 is 12.5. The maximum Gasteiger partial charge on any atom is 0.287 e. The van der Waals surface area contributed by atoms with Gasteiger partial charge >= 0.3 is 0 Å². The fraction of sp³-hybridized carbons (Fsp3) is 0.143. The molecule has 0 radical (unpaired) electrons. The number of benzene rings is 1. The predicted octanol–water partition coefficient (Wildman–Crippen LogP) is 5.36. The van der Waals surface area contributed by atoms with Crippen LogP contribution in [0.1, 0.15) is 18.7 Å². The lowest BCUT2D eigenvalue weighted by Crippen LogP contribution is -2.14. The van der Waals surface area contributed by atoms with Crippen LogP contribution in [0.25, 0.3) is 22.6 Å². The molecule has 11 heteroatoms. The van der Waals surface area contributed by atoms with Gasteiger partial charge in [0.25, 0.3) is 5.69 Å². The van der Waals surface area contributed by atoms with E-state index < -0.39 is 4.92 Å². The van der Waals surface area contributed by atoms with Gasteiger partial charge in [0.05, 0.1) is 21.2 Å². The first-order chi connectivity index (χ1) is 15.4. The molecule has 0 aliphatic carbocycles. The number of hydrogen-bond acceptors (Lipinski definition) is 7. The molecule has 3 heterocycles. The summed E-state index contributed by atoms with van der Waals surface area (Å²) in [4.78, 5) is 31.1. The van der Waals surface area contributed by atoms with E-state index in [1.54, 1.807) is 36.8 Å². The molecule has 32 heavy (non-hydrogen) atoms. The third-order valence-electron chi connectivity index (χ3n) is 4.74. The number of aromatic nitrogens is 5. The van der Waals surface area contributed by atoms with Crippen LogP contribution < -0.4 is 5.32 Å². The Morgan fingerprint density at radius 3 is 2.62 bits per heavy atom. The number of aromatic amines is 1. The highest BCUT2D eigenvalue weighted by molar-refractivity contribution is 6.36. The first-order valence-electron chi connectivity index (χ1n) is 9.59. The standard InChI is InChI=1S/C21H17Cl2N7O2/c1-12(9-26-18-5-3-14(10-27-18)30(31)32)20-28-11-16(21-24-6-7-25-21)19(29-20)15-4-2-13(22)8-17(15)23/h2-8,10-12H,9H2,1H3,(H,24,25)(H,26,27). The smallest absolute Gasteiger partial charge is 0.287 e. The molecule has 0 spiro atoms. The summed E-state index contributed by atoms with van der Waals surface area (Å²) < 4.78 is 0. The molecule has 0 saturated heterocycles. The van der Waals surface area contributed by atoms with Crippen molar-refractivity contribution in [3.05, 3.63) is 81.1 Å². The van der Waals surface area contributed by atoms with Crippen LogP contribution in [0.3, 0.4) is 0 Å². The van der Waals surface area contributed by atoms with Gasteiger partial charge in [0.2, 0.25) is 0 Å². The second-order valence-electron chi connectivity index (χ2n) is 6.99. The van der Waals surface area contributed by atoms with Gasteiger partial charge in [0, 0.05) is 47.7 Å². The van der Waals surface area contributed by atoms with Crippen LogP contribution in [0.5, 0.6) is 0 Å². The van der Waals surface area contributed by atoms with E-state index in [2.05, 4.69) is 25.3 Å². The average molecular weight is 470 g/mol. The zero-order chi connectivity index (χ0) is 22.7. The Morgan fingerprint density at radius 1 is 1.12 bits per heavy atom. The zero-order valence-electron chi connectivity index (χ0n) is 16.8. The second kappa shape index (κ2) is 9.29. The van der Waals surface area contributed by atoms with Gasteiger partial charge in [-0.3, -0.25) is 10.1 Å². The fourth-order valence-corrected chi connectivity index (χ4v) is 3.55. The number of nitrogens with one attached hydrogen (secondary N) is 2. The number of nitrogens with zero attached hydrogens (tertiary/aromatic N) is 5. The van der Waals surface area contributed by atoms with E-state index in [9.17, 15) is 10.1 Å². The van der Waals surface area contributed by atoms with Crippen molar-refractivity contribution in [2.24, 2.45) is 0 Å². The minimum Gasteiger partial charge on any atom is -0.369 e. The van der Waals surface area contributed by atoms with E-state index in [0.29, 0.717) is 50.9 Å². The average Bonchev–Trinajstić information content (AvgIpc) is 3.32. The third-order valence-corrected chi connectivity index (χ3v) is 5.28. The molecule has 162 valence electrons. The summed E-state index contributed by atoms with van der Waals surface area (Å²) in [5.41, 5.74) is 1.99. The summed E-state index contributed by atoms with van der Waals surface area (Å²) in [6.45, 7) is 2.44. The largest absolute Gasteiger partial charge is 0.369 e. The molecule has 0 fully saturated rings. The van der Waals surface area contributed by atoms with Crippen molar-refractivity contribution in [2.75, 3.05) is 11.9 Å². The van der Waals surface area contributed by atoms with Gasteiger partial charge in [0.1, 0.15) is 23.7 Å². The maximum atomic E-state index is 10.8. The van der Waals surface area contributed by atoms with Crippen molar-refractivity contribution in [3.63, 3.8) is 0 Å². The second-order valence-corrected chi connectivity index (χ2v) is 7.84. The number of H-pyrrole nitrogens is 1. The van der Waals surface area contributed by atoms with E-state index >= 15 is 0 Å². The SMILES string of the molecule is CC(CNc1ccc([N+](=O)[O-])cn1)c1ncc(-c2ncc[nH]2)c(-c2ccc(Cl)cc2Cl)n1. The van der Waals surface area contributed by atoms with Crippen molar-refractivity contribution in [1.82, 2.24) is 24.9 Å². The normalized spacial score (nSPS) is 11.8. The number of anilines is 1. The monoisotopic (exact) mass is 469 g/mol. The molecule has 1 unspecified atom stereocenters. The molecule has 1 atom stereocenters. The lowest BCUT2D eigenvalue weighted by atomic mass is 10.0. The molecule has 1 aromatic carbocycles. The molecular formula is C21H17Cl2N7O2. The minimum absolute atomic E-state index is 0.0649. The molecule has 9 nitrogen and oxygen atoms in total. The Morgan fingerprint density at radius 2 is 1.97 bits per heavy atom. The number of hydrogen-bond donors (Lipinski definition) is 2. The number of imidazole rings is 1. The van der Waals surface area contributed by atoms with Gasteiger partial charge in [-0.25, -0.2) is 19.9 Å². The van der Waals surface area contributed by atoms with Crippen LogP contribution in [-0.4, -0.2) is 36.4 Å². The molecule has 4 aromatic rings. The predicted molar refractivity (Wildman–Crippen MR) is 123 cm³/mol. The third kappa shape index (κ3) is 4.68. The van der Waals surface area contributed by atoms with Crippen molar-refractivity contribution >= 4 is 34.7 Å². The number of pyridine rings is 1. The number of rotatable bonds is 7. The van der Waals surface area contributed by atoms with Crippen molar-refractivity contribution in [1.29, 1.82) is 0 Å². The molecule has 0 aliphatic rings. The Balaban J connectivity index is 1.62. The lowest BCUT2D eigenvalue weighted by Gasteiger charge is -2.15. The van der Waals surface area contributed by atoms with Crippen LogP contribution >= 0.6 is 23.2 Å². The van der Waals surface area contributed by atoms with E-state index in [4.69, 9.17) is 28.2 Å². The van der Waals surface area contributed by atoms with Crippen LogP contribution in [0.2, 0.25) is 10.0 Å². The Kier molecular flexibility index (Phi) is 6.29. The van der Waals surface area contributed by atoms with E-state index in [-0.39, 0.29) is 11.6 Å². The molecular weight excluding hydrogens is 453 g/mol. The molecule has 2 N–H and O–H groups in total. The van der Waals surface area contributed by atoms with E-state index in [0.717, 1.165) is 0 Å². The first kappa shape index (κ1) is 21.7. The summed E-state index contributed by atoms with van der Waals surface area (Å²) in [6.07, 6.45) is 6.30. The number of nitro groups is 1. The zero-order valence-corrected chi connectivity index (χ0v) is 18.3. The summed E-state index contributed by atoms with van der Waals surface area (Å²) in [6, 6.07) is 8.19. The Labute approximate surface area is 193 Å². The highest BCUT2D eigenvalue weighted by atomic mass is 35.5. The fourth-order valence-electron chi connectivity index (χ4n) is 3.05. The van der Waals surface area contributed by atoms with E-state index in [1.165, 1.54) is 12.3 Å². The quantitative estimate of drug-likeness (QED) is 0.275. The van der Waals surface area contributed by atoms with Crippen molar-refractivity contribution < 1.29 is 4.92 Å². The van der Waals surface area contributed by atoms with Crippen molar-refractivity contribution in [2.45, 2.75) is 12.8 Å². The first-order valence-corrected chi connectivity index (χ1v) is 10.3. The van der Waals surface area contributed by atoms with E-state index in [1.807, 2.05) is 13.0 Å². The molecule has 0 aliphatic heterocycles. The van der Waals surface area contributed by atoms with Gasteiger partial charge in [-0.2, -0.15) is 0 Å². The lowest BCUT2D eigenvalue weighted by molar-refractivity contribution is -0.385. The van der Waals surface area contributed by atoms with Crippen molar-refractivity contribution in [3.8, 4) is 22.6 Å².